The molecule has 1 amide bonds. The average molecular weight is 313 g/mol. The molecule has 0 fully saturated rings. The number of amides is 1. The maximum absolute atomic E-state index is 12.5. The number of aryl methyl sites for hydroxylation is 2. The Morgan fingerprint density at radius 3 is 2.96 bits per heavy atom. The Kier molecular flexibility index (Phi) is 4.37. The molecular formula is C18H23N3O2. The fourth-order valence-corrected chi connectivity index (χ4v) is 3.33. The van der Waals surface area contributed by atoms with Gasteiger partial charge in [0.2, 0.25) is 5.91 Å². The van der Waals surface area contributed by atoms with Crippen molar-refractivity contribution in [2.45, 2.75) is 39.0 Å². The number of carbonyl (C=O) groups is 1. The quantitative estimate of drug-likeness (QED) is 0.912. The smallest absolute Gasteiger partial charge is 0.227 e. The van der Waals surface area contributed by atoms with Crippen LogP contribution in [0.2, 0.25) is 0 Å². The minimum Gasteiger partial charge on any atom is -0.493 e. The van der Waals surface area contributed by atoms with Crippen LogP contribution >= 0.6 is 0 Å². The molecule has 0 aliphatic carbocycles. The molecule has 0 saturated carbocycles. The van der Waals surface area contributed by atoms with Crippen molar-refractivity contribution in [3.05, 3.63) is 46.8 Å². The number of carbonyl (C=O) groups excluding carboxylic acids is 1. The van der Waals surface area contributed by atoms with Crippen molar-refractivity contribution < 1.29 is 9.53 Å². The highest BCUT2D eigenvalue weighted by Gasteiger charge is 2.24. The van der Waals surface area contributed by atoms with Gasteiger partial charge in [-0.1, -0.05) is 18.2 Å². The van der Waals surface area contributed by atoms with Crippen LogP contribution in [0.5, 0.6) is 5.75 Å². The molecule has 5 heteroatoms. The number of fused-ring (bicyclic) bond motifs is 1. The van der Waals surface area contributed by atoms with Gasteiger partial charge < -0.3 is 10.1 Å². The molecule has 23 heavy (non-hydrogen) atoms. The van der Waals surface area contributed by atoms with Crippen molar-refractivity contribution in [2.24, 2.45) is 0 Å². The second kappa shape index (κ2) is 6.44. The lowest BCUT2D eigenvalue weighted by atomic mass is 9.92. The van der Waals surface area contributed by atoms with Crippen molar-refractivity contribution >= 4 is 5.91 Å². The Balaban J connectivity index is 1.66. The zero-order valence-corrected chi connectivity index (χ0v) is 13.8. The number of para-hydroxylation sites is 1. The van der Waals surface area contributed by atoms with E-state index in [9.17, 15) is 4.79 Å². The Morgan fingerprint density at radius 1 is 1.43 bits per heavy atom. The van der Waals surface area contributed by atoms with E-state index >= 15 is 0 Å². The highest BCUT2D eigenvalue weighted by Crippen LogP contribution is 2.33. The Bertz CT molecular complexity index is 689. The van der Waals surface area contributed by atoms with Gasteiger partial charge in [-0.25, -0.2) is 0 Å². The molecular weight excluding hydrogens is 290 g/mol. The van der Waals surface area contributed by atoms with Crippen molar-refractivity contribution in [1.29, 1.82) is 0 Å². The molecule has 5 nitrogen and oxygen atoms in total. The van der Waals surface area contributed by atoms with Gasteiger partial charge in [0.15, 0.2) is 0 Å². The van der Waals surface area contributed by atoms with Gasteiger partial charge in [-0.15, -0.1) is 0 Å². The van der Waals surface area contributed by atoms with Gasteiger partial charge in [0.1, 0.15) is 5.75 Å². The van der Waals surface area contributed by atoms with Gasteiger partial charge in [-0.3, -0.25) is 9.89 Å². The van der Waals surface area contributed by atoms with Crippen LogP contribution in [-0.4, -0.2) is 29.3 Å². The van der Waals surface area contributed by atoms with Crippen LogP contribution in [0.4, 0.5) is 0 Å². The normalized spacial score (nSPS) is 18.0. The zero-order valence-electron chi connectivity index (χ0n) is 13.8. The number of nitrogens with zero attached hydrogens (tertiary/aromatic N) is 1. The minimum absolute atomic E-state index is 0.0431. The maximum Gasteiger partial charge on any atom is 0.227 e. The van der Waals surface area contributed by atoms with E-state index in [0.717, 1.165) is 29.1 Å². The predicted molar refractivity (Wildman–Crippen MR) is 88.8 cm³/mol. The van der Waals surface area contributed by atoms with Crippen LogP contribution in [0.3, 0.4) is 0 Å². The first-order valence-corrected chi connectivity index (χ1v) is 8.08. The third-order valence-electron chi connectivity index (χ3n) is 4.62. The first-order valence-electron chi connectivity index (χ1n) is 8.08. The van der Waals surface area contributed by atoms with Crippen LogP contribution in [0.25, 0.3) is 0 Å². The number of H-pyrrole nitrogens is 1. The molecule has 1 aliphatic rings. The molecule has 2 N–H and O–H groups in total. The number of hydrogen-bond acceptors (Lipinski definition) is 3. The van der Waals surface area contributed by atoms with Gasteiger partial charge in [-0.05, 0) is 38.8 Å². The molecule has 0 saturated heterocycles. The Morgan fingerprint density at radius 2 is 2.22 bits per heavy atom. The molecule has 0 spiro atoms. The minimum atomic E-state index is -0.205. The number of nitrogens with one attached hydrogen (secondary N) is 2. The Labute approximate surface area is 136 Å². The van der Waals surface area contributed by atoms with Gasteiger partial charge in [-0.2, -0.15) is 5.10 Å². The highest BCUT2D eigenvalue weighted by atomic mass is 16.5. The van der Waals surface area contributed by atoms with E-state index in [-0.39, 0.29) is 11.8 Å². The van der Waals surface area contributed by atoms with E-state index < -0.39 is 0 Å². The molecule has 122 valence electrons. The second-order valence-electron chi connectivity index (χ2n) is 6.19. The average Bonchev–Trinajstić information content (AvgIpc) is 2.90. The molecule has 2 aromatic rings. The van der Waals surface area contributed by atoms with Crippen molar-refractivity contribution in [3.8, 4) is 5.75 Å². The summed E-state index contributed by atoms with van der Waals surface area (Å²) in [4.78, 5) is 12.5. The molecule has 0 bridgehead atoms. The first kappa shape index (κ1) is 15.6. The third kappa shape index (κ3) is 3.09. The molecule has 2 unspecified atom stereocenters. The largest absolute Gasteiger partial charge is 0.493 e. The number of aromatic amines is 1. The summed E-state index contributed by atoms with van der Waals surface area (Å²) in [6, 6.07) is 8.07. The summed E-state index contributed by atoms with van der Waals surface area (Å²) in [6.45, 7) is 7.15. The second-order valence-corrected chi connectivity index (χ2v) is 6.19. The first-order chi connectivity index (χ1) is 11.1. The van der Waals surface area contributed by atoms with Crippen molar-refractivity contribution in [2.75, 3.05) is 13.2 Å². The standard InChI is InChI=1S/C18H23N3O2/c1-11(17-12(2)20-21-13(17)3)18(22)19-10-14-8-9-23-16-7-5-4-6-15(14)16/h4-7,11,14H,8-10H2,1-3H3,(H,19,22)(H,20,21). The number of aromatic nitrogens is 2. The van der Waals surface area contributed by atoms with E-state index in [1.165, 1.54) is 5.56 Å². The SMILES string of the molecule is Cc1n[nH]c(C)c1C(C)C(=O)NCC1CCOc2ccccc21. The van der Waals surface area contributed by atoms with Gasteiger partial charge in [0.25, 0.3) is 0 Å². The maximum atomic E-state index is 12.5. The fourth-order valence-electron chi connectivity index (χ4n) is 3.33. The number of benzene rings is 1. The monoisotopic (exact) mass is 313 g/mol. The number of hydrogen-bond donors (Lipinski definition) is 2. The summed E-state index contributed by atoms with van der Waals surface area (Å²) < 4.78 is 5.67. The van der Waals surface area contributed by atoms with E-state index in [1.807, 2.05) is 39.0 Å². The van der Waals surface area contributed by atoms with Crippen LogP contribution in [0.15, 0.2) is 24.3 Å². The van der Waals surface area contributed by atoms with E-state index in [1.54, 1.807) is 0 Å². The zero-order chi connectivity index (χ0) is 16.4. The summed E-state index contributed by atoms with van der Waals surface area (Å²) in [6.07, 6.45) is 0.926. The van der Waals surface area contributed by atoms with E-state index in [0.29, 0.717) is 19.1 Å². The summed E-state index contributed by atoms with van der Waals surface area (Å²) in [5, 5.41) is 10.2. The topological polar surface area (TPSA) is 67.0 Å². The summed E-state index contributed by atoms with van der Waals surface area (Å²) in [5.41, 5.74) is 4.03. The van der Waals surface area contributed by atoms with Gasteiger partial charge in [0.05, 0.1) is 18.2 Å². The summed E-state index contributed by atoms with van der Waals surface area (Å²) in [5.74, 6) is 1.08. The van der Waals surface area contributed by atoms with Crippen molar-refractivity contribution in [3.63, 3.8) is 0 Å². The molecule has 0 radical (unpaired) electrons. The molecule has 2 atom stereocenters. The predicted octanol–water partition coefficient (Wildman–Crippen LogP) is 2.81. The van der Waals surface area contributed by atoms with Gasteiger partial charge in [0, 0.05) is 23.7 Å². The molecule has 3 rings (SSSR count). The lowest BCUT2D eigenvalue weighted by molar-refractivity contribution is -0.122. The Hall–Kier alpha value is -2.30. The number of rotatable bonds is 4. The molecule has 1 aromatic heterocycles. The highest BCUT2D eigenvalue weighted by molar-refractivity contribution is 5.83. The van der Waals surface area contributed by atoms with Gasteiger partial charge >= 0.3 is 0 Å². The molecule has 1 aliphatic heterocycles. The molecule has 1 aromatic carbocycles. The van der Waals surface area contributed by atoms with Crippen LogP contribution in [0.1, 0.15) is 47.7 Å². The molecule has 2 heterocycles. The van der Waals surface area contributed by atoms with E-state index in [4.69, 9.17) is 4.74 Å². The van der Waals surface area contributed by atoms with E-state index in [2.05, 4.69) is 21.6 Å². The summed E-state index contributed by atoms with van der Waals surface area (Å²) >= 11 is 0. The lowest BCUT2D eigenvalue weighted by Crippen LogP contribution is -2.33. The van der Waals surface area contributed by atoms with Crippen LogP contribution in [0, 0.1) is 13.8 Å². The fraction of sp³-hybridized carbons (Fsp3) is 0.444. The number of ether oxygens (including phenoxy) is 1. The van der Waals surface area contributed by atoms with Crippen LogP contribution < -0.4 is 10.1 Å². The third-order valence-corrected chi connectivity index (χ3v) is 4.62. The van der Waals surface area contributed by atoms with Crippen molar-refractivity contribution in [1.82, 2.24) is 15.5 Å². The van der Waals surface area contributed by atoms with Crippen LogP contribution in [-0.2, 0) is 4.79 Å². The summed E-state index contributed by atoms with van der Waals surface area (Å²) in [7, 11) is 0. The lowest BCUT2D eigenvalue weighted by Gasteiger charge is -2.26.